The van der Waals surface area contributed by atoms with Gasteiger partial charge in [-0.25, -0.2) is 4.79 Å². The number of carbonyl (C=O) groups is 1. The van der Waals surface area contributed by atoms with Gasteiger partial charge in [0.05, 0.1) is 16.1 Å². The van der Waals surface area contributed by atoms with Crippen LogP contribution in [0.4, 0.5) is 0 Å². The van der Waals surface area contributed by atoms with Crippen molar-refractivity contribution in [3.05, 3.63) is 45.9 Å². The third kappa shape index (κ3) is 2.53. The van der Waals surface area contributed by atoms with Crippen molar-refractivity contribution in [3.8, 4) is 11.5 Å². The Labute approximate surface area is 127 Å². The third-order valence-electron chi connectivity index (χ3n) is 2.58. The lowest BCUT2D eigenvalue weighted by Gasteiger charge is -2.14. The van der Waals surface area contributed by atoms with Crippen LogP contribution in [0.1, 0.15) is 0 Å². The first kappa shape index (κ1) is 14.1. The predicted molar refractivity (Wildman–Crippen MR) is 81.7 cm³/mol. The van der Waals surface area contributed by atoms with Crippen LogP contribution in [0.15, 0.2) is 45.9 Å². The van der Waals surface area contributed by atoms with Crippen LogP contribution in [-0.2, 0) is 4.79 Å². The highest BCUT2D eigenvalue weighted by Gasteiger charge is 2.19. The molecule has 0 aromatic heterocycles. The maximum atomic E-state index is 11.4. The number of esters is 1. The van der Waals surface area contributed by atoms with Gasteiger partial charge in [-0.15, -0.1) is 0 Å². The molecule has 0 N–H and O–H groups in total. The Bertz CT molecular complexity index is 665. The highest BCUT2D eigenvalue weighted by Crippen LogP contribution is 2.46. The summed E-state index contributed by atoms with van der Waals surface area (Å²) in [5, 5.41) is 1.64. The van der Waals surface area contributed by atoms with Crippen LogP contribution in [0.25, 0.3) is 10.8 Å². The van der Waals surface area contributed by atoms with Crippen molar-refractivity contribution in [2.24, 2.45) is 0 Å². The van der Waals surface area contributed by atoms with E-state index >= 15 is 0 Å². The number of halogens is 2. The van der Waals surface area contributed by atoms with Gasteiger partial charge in [-0.05, 0) is 31.9 Å². The van der Waals surface area contributed by atoms with Crippen LogP contribution in [0.2, 0.25) is 0 Å². The molecular weight excluding hydrogens is 376 g/mol. The van der Waals surface area contributed by atoms with Gasteiger partial charge in [-0.1, -0.05) is 30.8 Å². The molecule has 0 radical (unpaired) electrons. The minimum atomic E-state index is -0.511. The van der Waals surface area contributed by atoms with Gasteiger partial charge in [-0.3, -0.25) is 0 Å². The number of hydrogen-bond donors (Lipinski definition) is 0. The molecule has 0 amide bonds. The Morgan fingerprint density at radius 1 is 1.16 bits per heavy atom. The van der Waals surface area contributed by atoms with Gasteiger partial charge in [0.1, 0.15) is 5.75 Å². The monoisotopic (exact) mass is 384 g/mol. The van der Waals surface area contributed by atoms with Crippen LogP contribution in [0.3, 0.4) is 0 Å². The molecule has 3 nitrogen and oxygen atoms in total. The van der Waals surface area contributed by atoms with Gasteiger partial charge in [0.15, 0.2) is 5.75 Å². The fourth-order valence-corrected chi connectivity index (χ4v) is 2.79. The fraction of sp³-hybridized carbons (Fsp3) is 0.0714. The summed E-state index contributed by atoms with van der Waals surface area (Å²) in [6.07, 6.45) is 1.12. The van der Waals surface area contributed by atoms with Crippen molar-refractivity contribution < 1.29 is 14.3 Å². The molecule has 0 atom stereocenters. The van der Waals surface area contributed by atoms with Gasteiger partial charge in [-0.2, -0.15) is 0 Å². The molecule has 2 aromatic rings. The van der Waals surface area contributed by atoms with Crippen LogP contribution in [0.5, 0.6) is 11.5 Å². The molecule has 0 aliphatic heterocycles. The molecule has 0 bridgehead atoms. The largest absolute Gasteiger partial charge is 0.495 e. The normalized spacial score (nSPS) is 10.3. The summed E-state index contributed by atoms with van der Waals surface area (Å²) in [6.45, 7) is 3.40. The quantitative estimate of drug-likeness (QED) is 0.444. The van der Waals surface area contributed by atoms with Crippen LogP contribution in [-0.4, -0.2) is 13.1 Å². The first-order chi connectivity index (χ1) is 9.10. The number of methoxy groups -OCH3 is 1. The van der Waals surface area contributed by atoms with E-state index in [2.05, 4.69) is 38.4 Å². The number of rotatable bonds is 3. The molecular formula is C14H10Br2O3. The van der Waals surface area contributed by atoms with Crippen molar-refractivity contribution in [2.45, 2.75) is 0 Å². The summed E-state index contributed by atoms with van der Waals surface area (Å²) < 4.78 is 12.0. The van der Waals surface area contributed by atoms with Gasteiger partial charge in [0.25, 0.3) is 0 Å². The average Bonchev–Trinajstić information content (AvgIpc) is 2.44. The summed E-state index contributed by atoms with van der Waals surface area (Å²) in [5.41, 5.74) is 0. The second-order valence-electron chi connectivity index (χ2n) is 3.66. The average molecular weight is 386 g/mol. The Morgan fingerprint density at radius 3 is 2.21 bits per heavy atom. The molecule has 19 heavy (non-hydrogen) atoms. The number of benzene rings is 2. The fourth-order valence-electron chi connectivity index (χ4n) is 1.76. The van der Waals surface area contributed by atoms with Gasteiger partial charge < -0.3 is 9.47 Å². The lowest BCUT2D eigenvalue weighted by atomic mass is 10.1. The van der Waals surface area contributed by atoms with Crippen molar-refractivity contribution in [3.63, 3.8) is 0 Å². The lowest BCUT2D eigenvalue weighted by Crippen LogP contribution is -2.05. The molecule has 0 saturated carbocycles. The molecule has 0 aliphatic carbocycles. The zero-order chi connectivity index (χ0) is 14.0. The minimum Gasteiger partial charge on any atom is -0.495 e. The Hall–Kier alpha value is -1.33. The first-order valence-electron chi connectivity index (χ1n) is 5.38. The smallest absolute Gasteiger partial charge is 0.335 e. The van der Waals surface area contributed by atoms with Crippen molar-refractivity contribution in [1.82, 2.24) is 0 Å². The van der Waals surface area contributed by atoms with Crippen molar-refractivity contribution in [2.75, 3.05) is 7.11 Å². The van der Waals surface area contributed by atoms with E-state index in [1.165, 1.54) is 0 Å². The number of hydrogen-bond acceptors (Lipinski definition) is 3. The molecule has 0 saturated heterocycles. The Morgan fingerprint density at radius 2 is 1.68 bits per heavy atom. The molecule has 2 aromatic carbocycles. The summed E-state index contributed by atoms with van der Waals surface area (Å²) >= 11 is 6.85. The maximum absolute atomic E-state index is 11.4. The number of carbonyl (C=O) groups excluding carboxylic acids is 1. The third-order valence-corrected chi connectivity index (χ3v) is 4.63. The highest BCUT2D eigenvalue weighted by molar-refractivity contribution is 9.13. The molecule has 0 unspecified atom stereocenters. The molecule has 98 valence electrons. The van der Waals surface area contributed by atoms with E-state index in [4.69, 9.17) is 9.47 Å². The van der Waals surface area contributed by atoms with Crippen LogP contribution >= 0.6 is 31.9 Å². The zero-order valence-corrected chi connectivity index (χ0v) is 13.2. The Kier molecular flexibility index (Phi) is 4.27. The Balaban J connectivity index is 2.79. The summed E-state index contributed by atoms with van der Waals surface area (Å²) in [7, 11) is 1.59. The predicted octanol–water partition coefficient (Wildman–Crippen LogP) is 4.46. The second-order valence-corrected chi connectivity index (χ2v) is 5.25. The van der Waals surface area contributed by atoms with E-state index in [-0.39, 0.29) is 0 Å². The number of ether oxygens (including phenoxy) is 2. The van der Waals surface area contributed by atoms with Crippen molar-refractivity contribution in [1.29, 1.82) is 0 Å². The highest BCUT2D eigenvalue weighted by atomic mass is 79.9. The standard InChI is InChI=1S/C14H10Br2O3/c1-3-10(17)19-14-9-7-5-4-6-8(9)13(18-2)11(15)12(14)16/h3-7H,1H2,2H3. The van der Waals surface area contributed by atoms with E-state index < -0.39 is 5.97 Å². The van der Waals surface area contributed by atoms with E-state index in [1.807, 2.05) is 24.3 Å². The summed E-state index contributed by atoms with van der Waals surface area (Å²) in [4.78, 5) is 11.4. The first-order valence-corrected chi connectivity index (χ1v) is 6.96. The summed E-state index contributed by atoms with van der Waals surface area (Å²) in [6, 6.07) is 7.52. The second kappa shape index (κ2) is 5.75. The minimum absolute atomic E-state index is 0.438. The molecule has 0 heterocycles. The summed E-state index contributed by atoms with van der Waals surface area (Å²) in [5.74, 6) is 0.608. The zero-order valence-electron chi connectivity index (χ0n) is 10.1. The van der Waals surface area contributed by atoms with Gasteiger partial charge >= 0.3 is 5.97 Å². The lowest BCUT2D eigenvalue weighted by molar-refractivity contribution is -0.128. The van der Waals surface area contributed by atoms with E-state index in [0.717, 1.165) is 16.8 Å². The number of fused-ring (bicyclic) bond motifs is 1. The molecule has 0 spiro atoms. The molecule has 0 fully saturated rings. The van der Waals surface area contributed by atoms with Gasteiger partial charge in [0.2, 0.25) is 0 Å². The van der Waals surface area contributed by atoms with Crippen LogP contribution in [0, 0.1) is 0 Å². The van der Waals surface area contributed by atoms with E-state index in [1.54, 1.807) is 7.11 Å². The van der Waals surface area contributed by atoms with E-state index in [9.17, 15) is 4.79 Å². The van der Waals surface area contributed by atoms with Crippen molar-refractivity contribution >= 4 is 48.6 Å². The molecule has 5 heteroatoms. The van der Waals surface area contributed by atoms with Crippen LogP contribution < -0.4 is 9.47 Å². The van der Waals surface area contributed by atoms with Gasteiger partial charge in [0, 0.05) is 16.8 Å². The molecule has 2 rings (SSSR count). The van der Waals surface area contributed by atoms with E-state index in [0.29, 0.717) is 20.4 Å². The topological polar surface area (TPSA) is 35.5 Å². The molecule has 0 aliphatic rings. The maximum Gasteiger partial charge on any atom is 0.335 e. The SMILES string of the molecule is C=CC(=O)Oc1c(Br)c(Br)c(OC)c2ccccc12.